The molecule has 0 saturated carbocycles. The van der Waals surface area contributed by atoms with E-state index in [1.165, 1.54) is 6.07 Å². The molecule has 1 unspecified atom stereocenters. The van der Waals surface area contributed by atoms with Crippen LogP contribution in [-0.4, -0.2) is 20.3 Å². The predicted molar refractivity (Wildman–Crippen MR) is 71.2 cm³/mol. The summed E-state index contributed by atoms with van der Waals surface area (Å²) in [5.74, 6) is 0. The average molecular weight is 330 g/mol. The second-order valence-corrected chi connectivity index (χ2v) is 6.80. The lowest BCUT2D eigenvalue weighted by molar-refractivity contribution is -0.139. The first-order chi connectivity index (χ1) is 9.14. The third-order valence-electron chi connectivity index (χ3n) is 2.55. The van der Waals surface area contributed by atoms with Crippen molar-refractivity contribution in [3.8, 4) is 0 Å². The van der Waals surface area contributed by atoms with Gasteiger partial charge in [0.25, 0.3) is 0 Å². The highest BCUT2D eigenvalue weighted by atomic mass is 35.5. The molecule has 0 aromatic heterocycles. The summed E-state index contributed by atoms with van der Waals surface area (Å²) in [6.45, 7) is 1.81. The van der Waals surface area contributed by atoms with Crippen molar-refractivity contribution in [2.24, 2.45) is 0 Å². The van der Waals surface area contributed by atoms with Crippen LogP contribution in [0.15, 0.2) is 29.2 Å². The minimum Gasteiger partial charge on any atom is -0.211 e. The molecule has 0 aliphatic carbocycles. The summed E-state index contributed by atoms with van der Waals surface area (Å²) in [6.07, 6.45) is -3.68. The van der Waals surface area contributed by atoms with Gasteiger partial charge in [0.05, 0.1) is 10.5 Å². The van der Waals surface area contributed by atoms with Gasteiger partial charge in [0.1, 0.15) is 0 Å². The predicted octanol–water partition coefficient (Wildman–Crippen LogP) is 3.39. The molecule has 0 radical (unpaired) electrons. The number of alkyl halides is 4. The van der Waals surface area contributed by atoms with Crippen molar-refractivity contribution in [1.29, 1.82) is 0 Å². The Morgan fingerprint density at radius 1 is 1.30 bits per heavy atom. The van der Waals surface area contributed by atoms with Gasteiger partial charge in [-0.25, -0.2) is 13.1 Å². The van der Waals surface area contributed by atoms with E-state index >= 15 is 0 Å². The van der Waals surface area contributed by atoms with E-state index in [4.69, 9.17) is 11.6 Å². The van der Waals surface area contributed by atoms with E-state index in [9.17, 15) is 21.6 Å². The maximum atomic E-state index is 12.8. The van der Waals surface area contributed by atoms with Crippen molar-refractivity contribution in [3.05, 3.63) is 29.8 Å². The second-order valence-electron chi connectivity index (χ2n) is 4.31. The summed E-state index contributed by atoms with van der Waals surface area (Å²) in [5.41, 5.74) is -1.17. The zero-order valence-corrected chi connectivity index (χ0v) is 12.3. The summed E-state index contributed by atoms with van der Waals surface area (Å²) in [4.78, 5) is -0.758. The van der Waals surface area contributed by atoms with Crippen molar-refractivity contribution < 1.29 is 21.6 Å². The lowest BCUT2D eigenvalue weighted by atomic mass is 10.2. The Balaban J connectivity index is 2.88. The van der Waals surface area contributed by atoms with E-state index < -0.39 is 26.7 Å². The van der Waals surface area contributed by atoms with Gasteiger partial charge in [0.15, 0.2) is 0 Å². The molecule has 0 amide bonds. The van der Waals surface area contributed by atoms with Gasteiger partial charge in [-0.1, -0.05) is 12.1 Å². The molecule has 0 saturated heterocycles. The third kappa shape index (κ3) is 4.96. The molecule has 0 aliphatic rings. The summed E-state index contributed by atoms with van der Waals surface area (Å²) in [7, 11) is -4.19. The Bertz CT molecular complexity index is 544. The number of rotatable bonds is 6. The molecular formula is C12H15ClF3NO2S. The fourth-order valence-electron chi connectivity index (χ4n) is 1.60. The SMILES string of the molecule is CC(Cl)CCCNS(=O)(=O)c1ccccc1C(F)(F)F. The van der Waals surface area contributed by atoms with Crippen molar-refractivity contribution >= 4 is 21.6 Å². The monoisotopic (exact) mass is 329 g/mol. The van der Waals surface area contributed by atoms with Crippen LogP contribution < -0.4 is 4.72 Å². The first-order valence-corrected chi connectivity index (χ1v) is 7.86. The van der Waals surface area contributed by atoms with E-state index in [1.807, 2.05) is 0 Å². The zero-order valence-electron chi connectivity index (χ0n) is 10.7. The minimum atomic E-state index is -4.71. The standard InChI is InChI=1S/C12H15ClF3NO2S/c1-9(13)5-4-8-17-20(18,19)11-7-3-2-6-10(11)12(14,15)16/h2-3,6-7,9,17H,4-5,8H2,1H3. The Hall–Kier alpha value is -0.790. The zero-order chi connectivity index (χ0) is 15.4. The second kappa shape index (κ2) is 6.78. The molecule has 8 heteroatoms. The Morgan fingerprint density at radius 2 is 1.90 bits per heavy atom. The maximum absolute atomic E-state index is 12.8. The highest BCUT2D eigenvalue weighted by Crippen LogP contribution is 2.33. The van der Waals surface area contributed by atoms with Crippen LogP contribution in [0.5, 0.6) is 0 Å². The van der Waals surface area contributed by atoms with Crippen LogP contribution in [-0.2, 0) is 16.2 Å². The van der Waals surface area contributed by atoms with Gasteiger partial charge in [-0.3, -0.25) is 0 Å². The van der Waals surface area contributed by atoms with Crippen molar-refractivity contribution in [2.45, 2.75) is 36.2 Å². The number of hydrogen-bond acceptors (Lipinski definition) is 2. The first kappa shape index (κ1) is 17.3. The molecule has 1 aromatic carbocycles. The van der Waals surface area contributed by atoms with Crippen LogP contribution in [0.1, 0.15) is 25.3 Å². The minimum absolute atomic E-state index is 0.0472. The third-order valence-corrected chi connectivity index (χ3v) is 4.29. The van der Waals surface area contributed by atoms with Crippen LogP contribution in [0, 0.1) is 0 Å². The Labute approximate surface area is 121 Å². The summed E-state index contributed by atoms with van der Waals surface area (Å²) in [6, 6.07) is 4.09. The van der Waals surface area contributed by atoms with Gasteiger partial charge < -0.3 is 0 Å². The largest absolute Gasteiger partial charge is 0.417 e. The highest BCUT2D eigenvalue weighted by Gasteiger charge is 2.36. The maximum Gasteiger partial charge on any atom is 0.417 e. The van der Waals surface area contributed by atoms with E-state index in [-0.39, 0.29) is 11.9 Å². The summed E-state index contributed by atoms with van der Waals surface area (Å²) in [5, 5.41) is -0.109. The van der Waals surface area contributed by atoms with Crippen LogP contribution in [0.2, 0.25) is 0 Å². The van der Waals surface area contributed by atoms with Gasteiger partial charge >= 0.3 is 6.18 Å². The fourth-order valence-corrected chi connectivity index (χ4v) is 3.06. The number of halogens is 4. The van der Waals surface area contributed by atoms with E-state index in [0.717, 1.165) is 18.2 Å². The molecule has 0 spiro atoms. The molecule has 0 bridgehead atoms. The van der Waals surface area contributed by atoms with Crippen molar-refractivity contribution in [2.75, 3.05) is 6.54 Å². The van der Waals surface area contributed by atoms with E-state index in [0.29, 0.717) is 12.8 Å². The molecule has 1 rings (SSSR count). The topological polar surface area (TPSA) is 46.2 Å². The lowest BCUT2D eigenvalue weighted by Crippen LogP contribution is -2.27. The smallest absolute Gasteiger partial charge is 0.211 e. The quantitative estimate of drug-likeness (QED) is 0.642. The molecule has 0 fully saturated rings. The number of hydrogen-bond donors (Lipinski definition) is 1. The molecule has 0 heterocycles. The summed E-state index contributed by atoms with van der Waals surface area (Å²) >= 11 is 5.70. The Kier molecular flexibility index (Phi) is 5.85. The molecule has 1 aromatic rings. The Morgan fingerprint density at radius 3 is 2.45 bits per heavy atom. The van der Waals surface area contributed by atoms with E-state index in [2.05, 4.69) is 4.72 Å². The van der Waals surface area contributed by atoms with Crippen LogP contribution in [0.25, 0.3) is 0 Å². The molecule has 114 valence electrons. The van der Waals surface area contributed by atoms with Gasteiger partial charge in [-0.2, -0.15) is 13.2 Å². The average Bonchev–Trinajstić information content (AvgIpc) is 2.33. The van der Waals surface area contributed by atoms with Crippen molar-refractivity contribution in [3.63, 3.8) is 0 Å². The van der Waals surface area contributed by atoms with Gasteiger partial charge in [0, 0.05) is 11.9 Å². The normalized spacial score (nSPS) is 14.2. The van der Waals surface area contributed by atoms with Gasteiger partial charge in [0.2, 0.25) is 10.0 Å². The molecular weight excluding hydrogens is 315 g/mol. The molecule has 3 nitrogen and oxygen atoms in total. The number of benzene rings is 1. The van der Waals surface area contributed by atoms with Crippen LogP contribution in [0.4, 0.5) is 13.2 Å². The van der Waals surface area contributed by atoms with Crippen LogP contribution >= 0.6 is 11.6 Å². The highest BCUT2D eigenvalue weighted by molar-refractivity contribution is 7.89. The molecule has 20 heavy (non-hydrogen) atoms. The van der Waals surface area contributed by atoms with Crippen molar-refractivity contribution in [1.82, 2.24) is 4.72 Å². The molecule has 0 aliphatic heterocycles. The fraction of sp³-hybridized carbons (Fsp3) is 0.500. The molecule has 1 N–H and O–H groups in total. The summed E-state index contributed by atoms with van der Waals surface area (Å²) < 4.78 is 64.2. The molecule has 1 atom stereocenters. The first-order valence-electron chi connectivity index (χ1n) is 5.94. The lowest BCUT2D eigenvalue weighted by Gasteiger charge is -2.13. The van der Waals surface area contributed by atoms with E-state index in [1.54, 1.807) is 6.92 Å². The number of sulfonamides is 1. The van der Waals surface area contributed by atoms with Crippen LogP contribution in [0.3, 0.4) is 0 Å². The van der Waals surface area contributed by atoms with Gasteiger partial charge in [-0.05, 0) is 31.9 Å². The van der Waals surface area contributed by atoms with Gasteiger partial charge in [-0.15, -0.1) is 11.6 Å². The number of nitrogens with one attached hydrogen (secondary N) is 1.